The predicted octanol–water partition coefficient (Wildman–Crippen LogP) is 2.64. The summed E-state index contributed by atoms with van der Waals surface area (Å²) in [5.74, 6) is 4.51. The summed E-state index contributed by atoms with van der Waals surface area (Å²) in [7, 11) is -2.73. The van der Waals surface area contributed by atoms with Crippen LogP contribution in [0.1, 0.15) is 44.9 Å². The Hall–Kier alpha value is -0.0500. The fraction of sp³-hybridized carbons (Fsp3) is 1.00. The van der Waals surface area contributed by atoms with E-state index in [0.29, 0.717) is 11.7 Å². The molecule has 5 aliphatic rings. The molecule has 0 N–H and O–H groups in total. The summed E-state index contributed by atoms with van der Waals surface area (Å²) < 4.78 is 24.4. The van der Waals surface area contributed by atoms with Gasteiger partial charge in [-0.2, -0.15) is 0 Å². The molecule has 2 nitrogen and oxygen atoms in total. The van der Waals surface area contributed by atoms with E-state index in [0.717, 1.165) is 36.5 Å². The van der Waals surface area contributed by atoms with Gasteiger partial charge in [0.1, 0.15) is 0 Å². The lowest BCUT2D eigenvalue weighted by atomic mass is 9.52. The molecule has 0 heterocycles. The normalized spacial score (nSPS) is 48.6. The Morgan fingerprint density at radius 3 is 1.82 bits per heavy atom. The van der Waals surface area contributed by atoms with Crippen molar-refractivity contribution in [3.8, 4) is 0 Å². The van der Waals surface area contributed by atoms with E-state index >= 15 is 0 Å². The molecule has 0 spiro atoms. The second kappa shape index (κ2) is 3.49. The molecule has 0 amide bonds. The Bertz CT molecular complexity index is 394. The Labute approximate surface area is 104 Å². The first-order valence-electron chi connectivity index (χ1n) is 7.33. The average Bonchev–Trinajstić information content (AvgIpc) is 3.06. The molecule has 0 radical (unpaired) electrons. The van der Waals surface area contributed by atoms with E-state index in [-0.39, 0.29) is 5.25 Å². The molecule has 0 aliphatic heterocycles. The zero-order valence-electron chi connectivity index (χ0n) is 10.3. The number of hydrogen-bond acceptors (Lipinski definition) is 2. The van der Waals surface area contributed by atoms with Crippen molar-refractivity contribution in [1.82, 2.24) is 0 Å². The van der Waals surface area contributed by atoms with Gasteiger partial charge in [-0.25, -0.2) is 8.42 Å². The van der Waals surface area contributed by atoms with E-state index in [1.165, 1.54) is 32.1 Å². The van der Waals surface area contributed by atoms with Gasteiger partial charge in [0, 0.05) is 0 Å². The molecule has 0 unspecified atom stereocenters. The van der Waals surface area contributed by atoms with Gasteiger partial charge < -0.3 is 0 Å². The summed E-state index contributed by atoms with van der Waals surface area (Å²) in [5.41, 5.74) is 0. The highest BCUT2D eigenvalue weighted by molar-refractivity contribution is 7.92. The third kappa shape index (κ3) is 1.76. The molecule has 5 rings (SSSR count). The molecule has 0 saturated heterocycles. The Morgan fingerprint density at radius 1 is 0.824 bits per heavy atom. The van der Waals surface area contributed by atoms with E-state index in [4.69, 9.17) is 0 Å². The van der Waals surface area contributed by atoms with E-state index in [1.54, 1.807) is 0 Å². The lowest BCUT2D eigenvalue weighted by Gasteiger charge is -2.54. The van der Waals surface area contributed by atoms with Crippen LogP contribution in [0.4, 0.5) is 0 Å². The molecular weight excluding hydrogens is 232 g/mol. The van der Waals surface area contributed by atoms with Crippen molar-refractivity contribution in [2.45, 2.75) is 50.2 Å². The van der Waals surface area contributed by atoms with Crippen LogP contribution in [0.3, 0.4) is 0 Å². The minimum Gasteiger partial charge on any atom is -0.229 e. The van der Waals surface area contributed by atoms with Crippen molar-refractivity contribution < 1.29 is 8.42 Å². The monoisotopic (exact) mass is 254 g/mol. The van der Waals surface area contributed by atoms with E-state index in [1.807, 2.05) is 0 Å². The molecule has 4 bridgehead atoms. The second-order valence-electron chi connectivity index (χ2n) is 7.12. The molecule has 0 atom stereocenters. The van der Waals surface area contributed by atoms with E-state index in [2.05, 4.69) is 0 Å². The Balaban J connectivity index is 1.54. The highest BCUT2D eigenvalue weighted by atomic mass is 32.2. The van der Waals surface area contributed by atoms with Gasteiger partial charge in [0.05, 0.1) is 11.0 Å². The van der Waals surface area contributed by atoms with Crippen molar-refractivity contribution in [1.29, 1.82) is 0 Å². The van der Waals surface area contributed by atoms with Gasteiger partial charge >= 0.3 is 0 Å². The molecule has 5 saturated carbocycles. The third-order valence-electron chi connectivity index (χ3n) is 5.88. The van der Waals surface area contributed by atoms with E-state index < -0.39 is 9.84 Å². The average molecular weight is 254 g/mol. The number of sulfone groups is 1. The van der Waals surface area contributed by atoms with Crippen LogP contribution in [0, 0.1) is 29.6 Å². The van der Waals surface area contributed by atoms with Crippen LogP contribution in [0.2, 0.25) is 0 Å². The fourth-order valence-electron chi connectivity index (χ4n) is 5.14. The topological polar surface area (TPSA) is 34.1 Å². The van der Waals surface area contributed by atoms with Crippen molar-refractivity contribution >= 4 is 9.84 Å². The fourth-order valence-corrected chi connectivity index (χ4v) is 7.35. The summed E-state index contributed by atoms with van der Waals surface area (Å²) >= 11 is 0. The molecule has 5 fully saturated rings. The predicted molar refractivity (Wildman–Crippen MR) is 67.3 cm³/mol. The van der Waals surface area contributed by atoms with Gasteiger partial charge in [-0.1, -0.05) is 0 Å². The molecule has 3 heteroatoms. The smallest absolute Gasteiger partial charge is 0.153 e. The largest absolute Gasteiger partial charge is 0.229 e. The van der Waals surface area contributed by atoms with Gasteiger partial charge in [-0.15, -0.1) is 0 Å². The highest BCUT2D eigenvalue weighted by Gasteiger charge is 2.50. The first-order valence-corrected chi connectivity index (χ1v) is 9.05. The van der Waals surface area contributed by atoms with Crippen LogP contribution >= 0.6 is 0 Å². The minimum atomic E-state index is -2.73. The summed E-state index contributed by atoms with van der Waals surface area (Å²) in [6, 6.07) is 0. The second-order valence-corrected chi connectivity index (χ2v) is 9.45. The molecule has 0 aromatic heterocycles. The van der Waals surface area contributed by atoms with Gasteiger partial charge in [-0.05, 0) is 74.5 Å². The summed E-state index contributed by atoms with van der Waals surface area (Å²) in [4.78, 5) is 0. The SMILES string of the molecule is O=S(=O)(CC1C2CC3CC(C2)CC1C3)C1CC1. The summed E-state index contributed by atoms with van der Waals surface area (Å²) in [6.45, 7) is 0. The maximum Gasteiger partial charge on any atom is 0.153 e. The van der Waals surface area contributed by atoms with Crippen LogP contribution in [0.15, 0.2) is 0 Å². The minimum absolute atomic E-state index is 0.0553. The zero-order valence-corrected chi connectivity index (χ0v) is 11.2. The van der Waals surface area contributed by atoms with Crippen molar-refractivity contribution in [2.75, 3.05) is 5.75 Å². The van der Waals surface area contributed by atoms with Crippen LogP contribution in [0.25, 0.3) is 0 Å². The molecule has 5 aliphatic carbocycles. The maximum atomic E-state index is 12.2. The summed E-state index contributed by atoms with van der Waals surface area (Å²) in [6.07, 6.45) is 8.71. The number of rotatable bonds is 3. The number of hydrogen-bond donors (Lipinski definition) is 0. The van der Waals surface area contributed by atoms with Gasteiger partial charge in [0.15, 0.2) is 9.84 Å². The zero-order chi connectivity index (χ0) is 11.6. The standard InChI is InChI=1S/C14H22O2S/c15-17(16,13-1-2-13)8-14-11-4-9-3-10(6-11)7-12(14)5-9/h9-14H,1-8H2. The third-order valence-corrected chi connectivity index (χ3v) is 8.22. The van der Waals surface area contributed by atoms with Crippen LogP contribution in [-0.2, 0) is 9.84 Å². The summed E-state index contributed by atoms with van der Waals surface area (Å²) in [5, 5.41) is 0.0553. The quantitative estimate of drug-likeness (QED) is 0.776. The Kier molecular flexibility index (Phi) is 2.23. The molecule has 0 aromatic rings. The lowest BCUT2D eigenvalue weighted by molar-refractivity contribution is -0.0268. The van der Waals surface area contributed by atoms with Crippen LogP contribution < -0.4 is 0 Å². The van der Waals surface area contributed by atoms with Crippen molar-refractivity contribution in [3.63, 3.8) is 0 Å². The van der Waals surface area contributed by atoms with Crippen LogP contribution in [-0.4, -0.2) is 19.4 Å². The lowest BCUT2D eigenvalue weighted by Crippen LogP contribution is -2.47. The van der Waals surface area contributed by atoms with Crippen LogP contribution in [0.5, 0.6) is 0 Å². The first-order chi connectivity index (χ1) is 8.12. The highest BCUT2D eigenvalue weighted by Crippen LogP contribution is 2.57. The van der Waals surface area contributed by atoms with Crippen molar-refractivity contribution in [2.24, 2.45) is 29.6 Å². The molecule has 96 valence electrons. The van der Waals surface area contributed by atoms with Gasteiger partial charge in [-0.3, -0.25) is 0 Å². The first kappa shape index (κ1) is 10.8. The molecule has 17 heavy (non-hydrogen) atoms. The van der Waals surface area contributed by atoms with Gasteiger partial charge in [0.2, 0.25) is 0 Å². The Morgan fingerprint density at radius 2 is 1.35 bits per heavy atom. The van der Waals surface area contributed by atoms with Crippen molar-refractivity contribution in [3.05, 3.63) is 0 Å². The molecule has 0 aromatic carbocycles. The van der Waals surface area contributed by atoms with E-state index in [9.17, 15) is 8.42 Å². The van der Waals surface area contributed by atoms with Gasteiger partial charge in [0.25, 0.3) is 0 Å². The molecular formula is C14H22O2S. The maximum absolute atomic E-state index is 12.2.